The summed E-state index contributed by atoms with van der Waals surface area (Å²) in [6.45, 7) is 0. The topological polar surface area (TPSA) is 60.5 Å². The first kappa shape index (κ1) is 14.1. The quantitative estimate of drug-likeness (QED) is 0.876. The third kappa shape index (κ3) is 3.19. The van der Waals surface area contributed by atoms with E-state index in [1.807, 2.05) is 0 Å². The molecule has 0 bridgehead atoms. The molecule has 6 heteroatoms. The van der Waals surface area contributed by atoms with Crippen LogP contribution in [0.25, 0.3) is 0 Å². The van der Waals surface area contributed by atoms with Crippen LogP contribution in [-0.4, -0.2) is 25.2 Å². The Hall–Kier alpha value is -2.27. The van der Waals surface area contributed by atoms with Gasteiger partial charge in [0.25, 0.3) is 0 Å². The molecule has 0 unspecified atom stereocenters. The van der Waals surface area contributed by atoms with Crippen molar-refractivity contribution in [2.24, 2.45) is 0 Å². The zero-order valence-electron chi connectivity index (χ0n) is 11.0. The van der Waals surface area contributed by atoms with E-state index < -0.39 is 5.97 Å². The molecular weight excluding hydrogens is 280 g/mol. The molecule has 1 aromatic carbocycles. The Balaban J connectivity index is 2.24. The minimum Gasteiger partial charge on any atom is -0.495 e. The van der Waals surface area contributed by atoms with Gasteiger partial charge in [-0.1, -0.05) is 11.6 Å². The van der Waals surface area contributed by atoms with Gasteiger partial charge >= 0.3 is 5.97 Å². The lowest BCUT2D eigenvalue weighted by molar-refractivity contribution is 0.0600. The van der Waals surface area contributed by atoms with Crippen molar-refractivity contribution in [3.8, 4) is 5.75 Å². The lowest BCUT2D eigenvalue weighted by Gasteiger charge is -2.09. The molecule has 0 amide bonds. The smallest absolute Gasteiger partial charge is 0.338 e. The number of aromatic nitrogens is 1. The monoisotopic (exact) mass is 292 g/mol. The fourth-order valence-corrected chi connectivity index (χ4v) is 1.82. The Morgan fingerprint density at radius 1 is 1.25 bits per heavy atom. The number of carbonyl (C=O) groups excluding carboxylic acids is 1. The van der Waals surface area contributed by atoms with E-state index in [4.69, 9.17) is 16.3 Å². The van der Waals surface area contributed by atoms with Crippen molar-refractivity contribution in [3.05, 3.63) is 47.1 Å². The third-order valence-corrected chi connectivity index (χ3v) is 2.92. The summed E-state index contributed by atoms with van der Waals surface area (Å²) in [4.78, 5) is 15.6. The zero-order valence-corrected chi connectivity index (χ0v) is 11.8. The summed E-state index contributed by atoms with van der Waals surface area (Å²) in [7, 11) is 2.88. The number of esters is 1. The molecule has 0 radical (unpaired) electrons. The number of hydrogen-bond acceptors (Lipinski definition) is 5. The number of halogens is 1. The van der Waals surface area contributed by atoms with Crippen molar-refractivity contribution in [1.29, 1.82) is 0 Å². The van der Waals surface area contributed by atoms with E-state index in [-0.39, 0.29) is 0 Å². The highest BCUT2D eigenvalue weighted by Gasteiger charge is 2.07. The third-order valence-electron chi connectivity index (χ3n) is 2.60. The molecule has 0 aliphatic heterocycles. The van der Waals surface area contributed by atoms with Crippen molar-refractivity contribution in [2.45, 2.75) is 0 Å². The molecule has 1 heterocycles. The molecule has 0 saturated carbocycles. The first-order valence-electron chi connectivity index (χ1n) is 5.79. The molecule has 2 rings (SSSR count). The molecule has 20 heavy (non-hydrogen) atoms. The molecule has 0 saturated heterocycles. The average molecular weight is 293 g/mol. The van der Waals surface area contributed by atoms with E-state index in [0.29, 0.717) is 22.2 Å². The predicted octanol–water partition coefficient (Wildman–Crippen LogP) is 3.27. The van der Waals surface area contributed by atoms with Gasteiger partial charge in [-0.15, -0.1) is 0 Å². The fraction of sp³-hybridized carbons (Fsp3) is 0.143. The van der Waals surface area contributed by atoms with Crippen LogP contribution in [0.5, 0.6) is 5.75 Å². The summed E-state index contributed by atoms with van der Waals surface area (Å²) in [5.41, 5.74) is 1.17. The van der Waals surface area contributed by atoms with Crippen LogP contribution in [0.15, 0.2) is 36.5 Å². The maximum Gasteiger partial charge on any atom is 0.338 e. The van der Waals surface area contributed by atoms with Gasteiger partial charge in [-0.3, -0.25) is 0 Å². The summed E-state index contributed by atoms with van der Waals surface area (Å²) in [5.74, 6) is 0.669. The van der Waals surface area contributed by atoms with Crippen LogP contribution >= 0.6 is 11.6 Å². The summed E-state index contributed by atoms with van der Waals surface area (Å²) in [5, 5.41) is 3.59. The SMILES string of the molecule is COC(=O)c1ccnc(Nc2ccc(Cl)c(OC)c2)c1. The maximum absolute atomic E-state index is 11.4. The maximum atomic E-state index is 11.4. The molecule has 1 aromatic heterocycles. The van der Waals surface area contributed by atoms with Crippen LogP contribution in [0.3, 0.4) is 0 Å². The molecule has 2 aromatic rings. The number of nitrogens with one attached hydrogen (secondary N) is 1. The molecule has 0 atom stereocenters. The average Bonchev–Trinajstić information content (AvgIpc) is 2.48. The highest BCUT2D eigenvalue weighted by atomic mass is 35.5. The van der Waals surface area contributed by atoms with Crippen LogP contribution in [-0.2, 0) is 4.74 Å². The van der Waals surface area contributed by atoms with Gasteiger partial charge in [0.15, 0.2) is 0 Å². The molecular formula is C14H13ClN2O3. The highest BCUT2D eigenvalue weighted by molar-refractivity contribution is 6.32. The van der Waals surface area contributed by atoms with Gasteiger partial charge in [-0.2, -0.15) is 0 Å². The number of methoxy groups -OCH3 is 2. The van der Waals surface area contributed by atoms with Crippen LogP contribution in [0, 0.1) is 0 Å². The standard InChI is InChI=1S/C14H13ClN2O3/c1-19-12-8-10(3-4-11(12)15)17-13-7-9(5-6-16-13)14(18)20-2/h3-8H,1-2H3,(H,16,17). The molecule has 0 spiro atoms. The van der Waals surface area contributed by atoms with Gasteiger partial charge in [0.2, 0.25) is 0 Å². The summed E-state index contributed by atoms with van der Waals surface area (Å²) < 4.78 is 9.80. The Labute approximate surface area is 121 Å². The minimum absolute atomic E-state index is 0.413. The summed E-state index contributed by atoms with van der Waals surface area (Å²) in [6.07, 6.45) is 1.53. The predicted molar refractivity (Wildman–Crippen MR) is 76.9 cm³/mol. The van der Waals surface area contributed by atoms with Crippen LogP contribution in [0.4, 0.5) is 11.5 Å². The number of ether oxygens (including phenoxy) is 2. The molecule has 0 aliphatic rings. The van der Waals surface area contributed by atoms with Gasteiger partial charge in [-0.05, 0) is 24.3 Å². The summed E-state index contributed by atoms with van der Waals surface area (Å²) >= 11 is 5.96. The van der Waals surface area contributed by atoms with E-state index in [1.54, 1.807) is 37.4 Å². The van der Waals surface area contributed by atoms with Gasteiger partial charge in [-0.25, -0.2) is 9.78 Å². The van der Waals surface area contributed by atoms with Gasteiger partial charge in [0.1, 0.15) is 11.6 Å². The van der Waals surface area contributed by atoms with Gasteiger partial charge in [0.05, 0.1) is 24.8 Å². The molecule has 0 fully saturated rings. The van der Waals surface area contributed by atoms with E-state index in [0.717, 1.165) is 5.69 Å². The van der Waals surface area contributed by atoms with Crippen LogP contribution < -0.4 is 10.1 Å². The Kier molecular flexibility index (Phi) is 4.42. The Morgan fingerprint density at radius 3 is 2.75 bits per heavy atom. The van der Waals surface area contributed by atoms with E-state index in [2.05, 4.69) is 15.0 Å². The van der Waals surface area contributed by atoms with Crippen molar-refractivity contribution in [2.75, 3.05) is 19.5 Å². The van der Waals surface area contributed by atoms with E-state index >= 15 is 0 Å². The normalized spacial score (nSPS) is 9.95. The van der Waals surface area contributed by atoms with E-state index in [9.17, 15) is 4.79 Å². The first-order chi connectivity index (χ1) is 9.63. The number of pyridine rings is 1. The zero-order chi connectivity index (χ0) is 14.5. The van der Waals surface area contributed by atoms with Crippen molar-refractivity contribution in [3.63, 3.8) is 0 Å². The van der Waals surface area contributed by atoms with Crippen molar-refractivity contribution in [1.82, 2.24) is 4.98 Å². The lowest BCUT2D eigenvalue weighted by atomic mass is 10.2. The number of nitrogens with zero attached hydrogens (tertiary/aromatic N) is 1. The largest absolute Gasteiger partial charge is 0.495 e. The summed E-state index contributed by atoms with van der Waals surface area (Å²) in [6, 6.07) is 8.44. The molecule has 0 aliphatic carbocycles. The number of rotatable bonds is 4. The number of carbonyl (C=O) groups is 1. The molecule has 5 nitrogen and oxygen atoms in total. The first-order valence-corrected chi connectivity index (χ1v) is 6.17. The van der Waals surface area contributed by atoms with Gasteiger partial charge in [0, 0.05) is 18.0 Å². The molecule has 1 N–H and O–H groups in total. The second-order valence-corrected chi connectivity index (χ2v) is 4.30. The Bertz CT molecular complexity index is 632. The Morgan fingerprint density at radius 2 is 2.05 bits per heavy atom. The second kappa shape index (κ2) is 6.25. The highest BCUT2D eigenvalue weighted by Crippen LogP contribution is 2.28. The van der Waals surface area contributed by atoms with Crippen molar-refractivity contribution < 1.29 is 14.3 Å². The van der Waals surface area contributed by atoms with Crippen LogP contribution in [0.1, 0.15) is 10.4 Å². The molecule has 104 valence electrons. The van der Waals surface area contributed by atoms with Crippen LogP contribution in [0.2, 0.25) is 5.02 Å². The van der Waals surface area contributed by atoms with Crippen molar-refractivity contribution >= 4 is 29.1 Å². The van der Waals surface area contributed by atoms with Gasteiger partial charge < -0.3 is 14.8 Å². The lowest BCUT2D eigenvalue weighted by Crippen LogP contribution is -2.03. The number of hydrogen-bond donors (Lipinski definition) is 1. The number of anilines is 2. The second-order valence-electron chi connectivity index (χ2n) is 3.90. The fourth-order valence-electron chi connectivity index (χ4n) is 1.63. The minimum atomic E-state index is -0.413. The van der Waals surface area contributed by atoms with E-state index in [1.165, 1.54) is 13.3 Å². The number of benzene rings is 1.